The fourth-order valence-corrected chi connectivity index (χ4v) is 2.29. The van der Waals surface area contributed by atoms with Crippen LogP contribution < -0.4 is 5.32 Å². The number of ether oxygens (including phenoxy) is 1. The number of hydrogen-bond donors (Lipinski definition) is 2. The van der Waals surface area contributed by atoms with Gasteiger partial charge in [0.1, 0.15) is 0 Å². The zero-order valence-electron chi connectivity index (χ0n) is 10.6. The molecular weight excluding hydrogens is 204 g/mol. The van der Waals surface area contributed by atoms with E-state index < -0.39 is 0 Å². The maximum Gasteiger partial charge on any atom is 0.0697 e. The quantitative estimate of drug-likeness (QED) is 0.618. The van der Waals surface area contributed by atoms with Crippen molar-refractivity contribution in [3.63, 3.8) is 0 Å². The average Bonchev–Trinajstić information content (AvgIpc) is 2.26. The molecular formula is C12H26N2O2. The number of aliphatic hydroxyl groups is 1. The van der Waals surface area contributed by atoms with E-state index in [9.17, 15) is 0 Å². The Labute approximate surface area is 99.0 Å². The van der Waals surface area contributed by atoms with Gasteiger partial charge in [-0.15, -0.1) is 0 Å². The number of hydrogen-bond acceptors (Lipinski definition) is 4. The predicted molar refractivity (Wildman–Crippen MR) is 65.6 cm³/mol. The Morgan fingerprint density at radius 2 is 2.25 bits per heavy atom. The lowest BCUT2D eigenvalue weighted by atomic mass is 9.94. The summed E-state index contributed by atoms with van der Waals surface area (Å²) in [5.41, 5.74) is 0. The Hall–Kier alpha value is -0.160. The van der Waals surface area contributed by atoms with E-state index in [-0.39, 0.29) is 6.61 Å². The minimum absolute atomic E-state index is 0.124. The summed E-state index contributed by atoms with van der Waals surface area (Å²) in [4.78, 5) is 2.40. The van der Waals surface area contributed by atoms with Crippen LogP contribution in [0.3, 0.4) is 0 Å². The standard InChI is InChI=1S/C12H26N2O2/c1-11-10-14(2)6-4-12(11)13-5-3-8-16-9-7-15/h11-13,15H,3-10H2,1-2H3. The van der Waals surface area contributed by atoms with E-state index >= 15 is 0 Å². The van der Waals surface area contributed by atoms with E-state index in [1.54, 1.807) is 0 Å². The SMILES string of the molecule is CC1CN(C)CCC1NCCCOCCO. The Morgan fingerprint density at radius 1 is 1.44 bits per heavy atom. The Bertz CT molecular complexity index is 178. The molecule has 0 aromatic carbocycles. The molecule has 0 bridgehead atoms. The highest BCUT2D eigenvalue weighted by molar-refractivity contribution is 4.81. The van der Waals surface area contributed by atoms with E-state index in [0.717, 1.165) is 25.5 Å². The second-order valence-electron chi connectivity index (χ2n) is 4.78. The predicted octanol–water partition coefficient (Wildman–Crippen LogP) is 0.315. The molecule has 0 radical (unpaired) electrons. The molecule has 1 aliphatic heterocycles. The number of aliphatic hydroxyl groups excluding tert-OH is 1. The van der Waals surface area contributed by atoms with E-state index in [2.05, 4.69) is 24.2 Å². The third kappa shape index (κ3) is 5.25. The highest BCUT2D eigenvalue weighted by atomic mass is 16.5. The van der Waals surface area contributed by atoms with Gasteiger partial charge in [-0.3, -0.25) is 0 Å². The van der Waals surface area contributed by atoms with Crippen LogP contribution in [0, 0.1) is 5.92 Å². The largest absolute Gasteiger partial charge is 0.394 e. The molecule has 96 valence electrons. The molecule has 4 heteroatoms. The molecule has 0 aliphatic carbocycles. The third-order valence-electron chi connectivity index (χ3n) is 3.22. The van der Waals surface area contributed by atoms with Crippen LogP contribution in [-0.4, -0.2) is 62.6 Å². The molecule has 1 fully saturated rings. The molecule has 16 heavy (non-hydrogen) atoms. The summed E-state index contributed by atoms with van der Waals surface area (Å²) in [6.45, 7) is 7.06. The van der Waals surface area contributed by atoms with Crippen molar-refractivity contribution in [2.75, 3.05) is 46.5 Å². The second-order valence-corrected chi connectivity index (χ2v) is 4.78. The number of nitrogens with zero attached hydrogens (tertiary/aromatic N) is 1. The lowest BCUT2D eigenvalue weighted by molar-refractivity contribution is 0.0890. The van der Waals surface area contributed by atoms with Gasteiger partial charge in [0, 0.05) is 19.2 Å². The van der Waals surface area contributed by atoms with Crippen LogP contribution >= 0.6 is 0 Å². The van der Waals surface area contributed by atoms with Gasteiger partial charge >= 0.3 is 0 Å². The number of nitrogens with one attached hydrogen (secondary N) is 1. The number of piperidine rings is 1. The van der Waals surface area contributed by atoms with Crippen LogP contribution in [0.2, 0.25) is 0 Å². The lowest BCUT2D eigenvalue weighted by Gasteiger charge is -2.35. The van der Waals surface area contributed by atoms with Gasteiger partial charge in [0.2, 0.25) is 0 Å². The molecule has 2 atom stereocenters. The first-order valence-electron chi connectivity index (χ1n) is 6.34. The fourth-order valence-electron chi connectivity index (χ4n) is 2.29. The molecule has 1 rings (SSSR count). The minimum atomic E-state index is 0.124. The summed E-state index contributed by atoms with van der Waals surface area (Å²) in [6, 6.07) is 0.661. The second kappa shape index (κ2) is 8.01. The van der Waals surface area contributed by atoms with Gasteiger partial charge in [-0.05, 0) is 38.9 Å². The first kappa shape index (κ1) is 13.9. The molecule has 1 saturated heterocycles. The Balaban J connectivity index is 2.00. The smallest absolute Gasteiger partial charge is 0.0697 e. The average molecular weight is 230 g/mol. The van der Waals surface area contributed by atoms with E-state index in [0.29, 0.717) is 12.6 Å². The molecule has 1 aliphatic rings. The molecule has 0 aromatic heterocycles. The summed E-state index contributed by atoms with van der Waals surface area (Å²) in [6.07, 6.45) is 2.27. The van der Waals surface area contributed by atoms with Crippen molar-refractivity contribution < 1.29 is 9.84 Å². The van der Waals surface area contributed by atoms with Gasteiger partial charge in [0.05, 0.1) is 13.2 Å². The Kier molecular flexibility index (Phi) is 6.96. The van der Waals surface area contributed by atoms with Gasteiger partial charge in [0.15, 0.2) is 0 Å². The number of likely N-dealkylation sites (tertiary alicyclic amines) is 1. The number of rotatable bonds is 7. The van der Waals surface area contributed by atoms with Crippen molar-refractivity contribution >= 4 is 0 Å². The topological polar surface area (TPSA) is 44.7 Å². The van der Waals surface area contributed by atoms with Crippen LogP contribution in [0.15, 0.2) is 0 Å². The monoisotopic (exact) mass is 230 g/mol. The lowest BCUT2D eigenvalue weighted by Crippen LogP contribution is -2.47. The van der Waals surface area contributed by atoms with Crippen molar-refractivity contribution in [2.45, 2.75) is 25.8 Å². The van der Waals surface area contributed by atoms with Crippen molar-refractivity contribution in [3.05, 3.63) is 0 Å². The summed E-state index contributed by atoms with van der Waals surface area (Å²) < 4.78 is 5.22. The fraction of sp³-hybridized carbons (Fsp3) is 1.00. The van der Waals surface area contributed by atoms with Gasteiger partial charge in [-0.25, -0.2) is 0 Å². The van der Waals surface area contributed by atoms with Gasteiger partial charge in [-0.1, -0.05) is 6.92 Å². The first-order chi connectivity index (χ1) is 7.74. The van der Waals surface area contributed by atoms with Gasteiger partial charge in [-0.2, -0.15) is 0 Å². The van der Waals surface area contributed by atoms with Crippen LogP contribution in [0.4, 0.5) is 0 Å². The van der Waals surface area contributed by atoms with Gasteiger partial charge < -0.3 is 20.1 Å². The van der Waals surface area contributed by atoms with E-state index in [1.807, 2.05) is 0 Å². The highest BCUT2D eigenvalue weighted by Gasteiger charge is 2.22. The van der Waals surface area contributed by atoms with Crippen LogP contribution in [0.1, 0.15) is 19.8 Å². The molecule has 2 N–H and O–H groups in total. The third-order valence-corrected chi connectivity index (χ3v) is 3.22. The molecule has 1 heterocycles. The van der Waals surface area contributed by atoms with Crippen LogP contribution in [-0.2, 0) is 4.74 Å². The van der Waals surface area contributed by atoms with Gasteiger partial charge in [0.25, 0.3) is 0 Å². The summed E-state index contributed by atoms with van der Waals surface area (Å²) >= 11 is 0. The van der Waals surface area contributed by atoms with Crippen LogP contribution in [0.5, 0.6) is 0 Å². The van der Waals surface area contributed by atoms with Crippen molar-refractivity contribution in [3.8, 4) is 0 Å². The van der Waals surface area contributed by atoms with E-state index in [1.165, 1.54) is 19.5 Å². The molecule has 0 spiro atoms. The Morgan fingerprint density at radius 3 is 2.94 bits per heavy atom. The van der Waals surface area contributed by atoms with Crippen molar-refractivity contribution in [2.24, 2.45) is 5.92 Å². The highest BCUT2D eigenvalue weighted by Crippen LogP contribution is 2.14. The minimum Gasteiger partial charge on any atom is -0.394 e. The van der Waals surface area contributed by atoms with Crippen molar-refractivity contribution in [1.82, 2.24) is 10.2 Å². The molecule has 4 nitrogen and oxygen atoms in total. The van der Waals surface area contributed by atoms with Crippen molar-refractivity contribution in [1.29, 1.82) is 0 Å². The maximum absolute atomic E-state index is 8.54. The van der Waals surface area contributed by atoms with Crippen LogP contribution in [0.25, 0.3) is 0 Å². The molecule has 0 aromatic rings. The molecule has 0 saturated carbocycles. The molecule has 0 amide bonds. The summed E-state index contributed by atoms with van der Waals surface area (Å²) in [5.74, 6) is 0.733. The normalized spacial score (nSPS) is 27.2. The summed E-state index contributed by atoms with van der Waals surface area (Å²) in [7, 11) is 2.19. The molecule has 2 unspecified atom stereocenters. The maximum atomic E-state index is 8.54. The first-order valence-corrected chi connectivity index (χ1v) is 6.34. The summed E-state index contributed by atoms with van der Waals surface area (Å²) in [5, 5.41) is 12.1. The van der Waals surface area contributed by atoms with E-state index in [4.69, 9.17) is 9.84 Å². The zero-order valence-corrected chi connectivity index (χ0v) is 10.6. The zero-order chi connectivity index (χ0) is 11.8.